The molecule has 1 aliphatic carbocycles. The lowest BCUT2D eigenvalue weighted by Crippen LogP contribution is -2.18. The van der Waals surface area contributed by atoms with Gasteiger partial charge in [0.15, 0.2) is 5.78 Å². The van der Waals surface area contributed by atoms with Crippen LogP contribution in [0.1, 0.15) is 65.0 Å². The highest BCUT2D eigenvalue weighted by Crippen LogP contribution is 2.33. The third-order valence-electron chi connectivity index (χ3n) is 4.25. The van der Waals surface area contributed by atoms with E-state index in [1.54, 1.807) is 0 Å². The maximum Gasteiger partial charge on any atom is 0.167 e. The largest absolute Gasteiger partial charge is 0.294 e. The van der Waals surface area contributed by atoms with E-state index in [2.05, 4.69) is 48.3 Å². The lowest BCUT2D eigenvalue weighted by atomic mass is 9.81. The predicted molar refractivity (Wildman–Crippen MR) is 79.2 cm³/mol. The molecule has 0 aliphatic heterocycles. The van der Waals surface area contributed by atoms with Gasteiger partial charge in [-0.05, 0) is 36.3 Å². The van der Waals surface area contributed by atoms with Crippen molar-refractivity contribution < 1.29 is 4.79 Å². The molecule has 0 saturated carbocycles. The minimum Gasteiger partial charge on any atom is -0.294 e. The second-order valence-electron chi connectivity index (χ2n) is 6.02. The summed E-state index contributed by atoms with van der Waals surface area (Å²) < 4.78 is 0. The number of nitrogens with one attached hydrogen (secondary N) is 1. The molecule has 0 fully saturated rings. The quantitative estimate of drug-likeness (QED) is 0.901. The first-order valence-electron chi connectivity index (χ1n) is 7.23. The number of Topliss-reactive ketones (excluding diaryl/α,β-unsaturated/α-hetero) is 1. The van der Waals surface area contributed by atoms with Gasteiger partial charge >= 0.3 is 0 Å². The standard InChI is InChI=1S/C17H20N2O/c1-10(2)12-4-6-13(7-5-12)14-8-15-17(16(20)9-14)11(3)18-19-15/h4-7,10,14H,8-9H2,1-3H3,(H,18,19)/t14-/m1/s1. The highest BCUT2D eigenvalue weighted by molar-refractivity contribution is 5.99. The lowest BCUT2D eigenvalue weighted by molar-refractivity contribution is 0.0963. The van der Waals surface area contributed by atoms with E-state index < -0.39 is 0 Å². The van der Waals surface area contributed by atoms with Crippen molar-refractivity contribution in [3.8, 4) is 0 Å². The first-order chi connectivity index (χ1) is 9.56. The summed E-state index contributed by atoms with van der Waals surface area (Å²) in [6.07, 6.45) is 1.45. The summed E-state index contributed by atoms with van der Waals surface area (Å²) in [5.41, 5.74) is 5.23. The summed E-state index contributed by atoms with van der Waals surface area (Å²) in [5.74, 6) is 1.02. The number of aromatic amines is 1. The molecule has 0 unspecified atom stereocenters. The molecular formula is C17H20N2O. The summed E-state index contributed by atoms with van der Waals surface area (Å²) in [4.78, 5) is 12.3. The highest BCUT2D eigenvalue weighted by atomic mass is 16.1. The molecule has 0 saturated heterocycles. The number of hydrogen-bond acceptors (Lipinski definition) is 2. The van der Waals surface area contributed by atoms with Gasteiger partial charge in [-0.15, -0.1) is 0 Å². The number of fused-ring (bicyclic) bond motifs is 1. The van der Waals surface area contributed by atoms with Gasteiger partial charge in [0.1, 0.15) is 0 Å². The minimum atomic E-state index is 0.218. The van der Waals surface area contributed by atoms with Gasteiger partial charge in [-0.3, -0.25) is 9.89 Å². The molecular weight excluding hydrogens is 248 g/mol. The van der Waals surface area contributed by atoms with Crippen molar-refractivity contribution >= 4 is 5.78 Å². The van der Waals surface area contributed by atoms with E-state index in [1.165, 1.54) is 11.1 Å². The number of hydrogen-bond donors (Lipinski definition) is 1. The Hall–Kier alpha value is -1.90. The molecule has 3 nitrogen and oxygen atoms in total. The van der Waals surface area contributed by atoms with Crippen LogP contribution in [0, 0.1) is 6.92 Å². The van der Waals surface area contributed by atoms with Crippen LogP contribution in [0.2, 0.25) is 0 Å². The fourth-order valence-corrected chi connectivity index (χ4v) is 3.02. The fourth-order valence-electron chi connectivity index (χ4n) is 3.02. The van der Waals surface area contributed by atoms with Crippen molar-refractivity contribution in [2.24, 2.45) is 0 Å². The van der Waals surface area contributed by atoms with Crippen LogP contribution in [0.4, 0.5) is 0 Å². The van der Waals surface area contributed by atoms with Gasteiger partial charge in [-0.2, -0.15) is 5.10 Å². The Kier molecular flexibility index (Phi) is 3.20. The molecule has 20 heavy (non-hydrogen) atoms. The Morgan fingerprint density at radius 2 is 1.90 bits per heavy atom. The van der Waals surface area contributed by atoms with E-state index in [-0.39, 0.29) is 11.7 Å². The average Bonchev–Trinajstić information content (AvgIpc) is 2.81. The molecule has 2 aromatic rings. The highest BCUT2D eigenvalue weighted by Gasteiger charge is 2.29. The first kappa shape index (κ1) is 13.1. The Morgan fingerprint density at radius 3 is 2.55 bits per heavy atom. The molecule has 1 aromatic heterocycles. The predicted octanol–water partition coefficient (Wildman–Crippen LogP) is 3.75. The van der Waals surface area contributed by atoms with E-state index in [4.69, 9.17) is 0 Å². The normalized spacial score (nSPS) is 18.4. The lowest BCUT2D eigenvalue weighted by Gasteiger charge is -2.21. The third-order valence-corrected chi connectivity index (χ3v) is 4.25. The SMILES string of the molecule is Cc1[nH]nc2c1C(=O)C[C@H](c1ccc(C(C)C)cc1)C2. The fraction of sp³-hybridized carbons (Fsp3) is 0.412. The number of nitrogens with zero attached hydrogens (tertiary/aromatic N) is 1. The summed E-state index contributed by atoms with van der Waals surface area (Å²) in [6.45, 7) is 6.30. The van der Waals surface area contributed by atoms with Gasteiger partial charge < -0.3 is 0 Å². The Bertz CT molecular complexity index is 638. The summed E-state index contributed by atoms with van der Waals surface area (Å²) in [5, 5.41) is 7.22. The van der Waals surface area contributed by atoms with Crippen LogP contribution < -0.4 is 0 Å². The molecule has 0 amide bonds. The zero-order chi connectivity index (χ0) is 14.3. The Balaban J connectivity index is 1.88. The van der Waals surface area contributed by atoms with Gasteiger partial charge in [-0.1, -0.05) is 38.1 Å². The number of carbonyl (C=O) groups excluding carboxylic acids is 1. The number of H-pyrrole nitrogens is 1. The van der Waals surface area contributed by atoms with E-state index in [0.29, 0.717) is 12.3 Å². The third kappa shape index (κ3) is 2.17. The molecule has 3 rings (SSSR count). The number of benzene rings is 1. The second-order valence-corrected chi connectivity index (χ2v) is 6.02. The number of aromatic nitrogens is 2. The minimum absolute atomic E-state index is 0.218. The average molecular weight is 268 g/mol. The van der Waals surface area contributed by atoms with Crippen molar-refractivity contribution in [3.05, 3.63) is 52.3 Å². The van der Waals surface area contributed by atoms with Crippen LogP contribution in [0.15, 0.2) is 24.3 Å². The molecule has 0 bridgehead atoms. The summed E-state index contributed by atoms with van der Waals surface area (Å²) in [7, 11) is 0. The zero-order valence-electron chi connectivity index (χ0n) is 12.2. The molecule has 104 valence electrons. The van der Waals surface area contributed by atoms with Crippen LogP contribution in [0.25, 0.3) is 0 Å². The summed E-state index contributed by atoms with van der Waals surface area (Å²) in [6, 6.07) is 8.68. The number of rotatable bonds is 2. The van der Waals surface area contributed by atoms with E-state index in [9.17, 15) is 4.79 Å². The van der Waals surface area contributed by atoms with Crippen LogP contribution in [-0.2, 0) is 6.42 Å². The van der Waals surface area contributed by atoms with Crippen molar-refractivity contribution in [1.82, 2.24) is 10.2 Å². The number of carbonyl (C=O) groups is 1. The van der Waals surface area contributed by atoms with Crippen molar-refractivity contribution in [2.45, 2.75) is 45.4 Å². The van der Waals surface area contributed by atoms with Gasteiger partial charge in [0.25, 0.3) is 0 Å². The number of ketones is 1. The van der Waals surface area contributed by atoms with E-state index in [1.807, 2.05) is 6.92 Å². The van der Waals surface area contributed by atoms with Gasteiger partial charge in [0.05, 0.1) is 11.3 Å². The molecule has 1 aliphatic rings. The molecule has 3 heteroatoms. The van der Waals surface area contributed by atoms with E-state index >= 15 is 0 Å². The van der Waals surface area contributed by atoms with Crippen molar-refractivity contribution in [3.63, 3.8) is 0 Å². The van der Waals surface area contributed by atoms with Crippen molar-refractivity contribution in [2.75, 3.05) is 0 Å². The van der Waals surface area contributed by atoms with Gasteiger partial charge in [0, 0.05) is 12.1 Å². The summed E-state index contributed by atoms with van der Waals surface area (Å²) >= 11 is 0. The number of aryl methyl sites for hydroxylation is 1. The smallest absolute Gasteiger partial charge is 0.167 e. The zero-order valence-corrected chi connectivity index (χ0v) is 12.2. The van der Waals surface area contributed by atoms with Gasteiger partial charge in [-0.25, -0.2) is 0 Å². The molecule has 1 aromatic carbocycles. The maximum absolute atomic E-state index is 12.3. The second kappa shape index (κ2) is 4.89. The van der Waals surface area contributed by atoms with Crippen LogP contribution in [0.3, 0.4) is 0 Å². The monoisotopic (exact) mass is 268 g/mol. The molecule has 1 heterocycles. The topological polar surface area (TPSA) is 45.8 Å². The van der Waals surface area contributed by atoms with Crippen LogP contribution in [-0.4, -0.2) is 16.0 Å². The molecule has 1 atom stereocenters. The molecule has 1 N–H and O–H groups in total. The molecule has 0 spiro atoms. The van der Waals surface area contributed by atoms with Crippen LogP contribution >= 0.6 is 0 Å². The Morgan fingerprint density at radius 1 is 1.20 bits per heavy atom. The molecule has 0 radical (unpaired) electrons. The Labute approximate surface area is 119 Å². The first-order valence-corrected chi connectivity index (χ1v) is 7.23. The maximum atomic E-state index is 12.3. The van der Waals surface area contributed by atoms with E-state index in [0.717, 1.165) is 23.4 Å². The van der Waals surface area contributed by atoms with Gasteiger partial charge in [0.2, 0.25) is 0 Å². The van der Waals surface area contributed by atoms with Crippen molar-refractivity contribution in [1.29, 1.82) is 0 Å². The van der Waals surface area contributed by atoms with Crippen LogP contribution in [0.5, 0.6) is 0 Å².